The first-order valence-corrected chi connectivity index (χ1v) is 7.19. The van der Waals surface area contributed by atoms with Crippen molar-refractivity contribution in [3.63, 3.8) is 0 Å². The third-order valence-electron chi connectivity index (χ3n) is 3.77. The van der Waals surface area contributed by atoms with Gasteiger partial charge in [0.1, 0.15) is 0 Å². The number of aryl methyl sites for hydroxylation is 1. The standard InChI is InChI=1S/C13H18N2OS.ClH/c1-9-2-7-17-12(9)10-8-11(10)13(16)15-5-3-14-4-6-15;/h2,7,10-11,14H,3-6,8H2,1H3;1H. The average Bonchev–Trinajstić information content (AvgIpc) is 3.05. The van der Waals surface area contributed by atoms with E-state index >= 15 is 0 Å². The van der Waals surface area contributed by atoms with Crippen LogP contribution in [0.25, 0.3) is 0 Å². The van der Waals surface area contributed by atoms with Gasteiger partial charge in [-0.3, -0.25) is 4.79 Å². The Kier molecular flexibility index (Phi) is 4.30. The van der Waals surface area contributed by atoms with Crippen LogP contribution in [0.2, 0.25) is 0 Å². The third-order valence-corrected chi connectivity index (χ3v) is 4.93. The van der Waals surface area contributed by atoms with Gasteiger partial charge in [-0.2, -0.15) is 0 Å². The normalized spacial score (nSPS) is 26.6. The molecule has 1 aromatic rings. The first-order valence-electron chi connectivity index (χ1n) is 6.31. The Morgan fingerprint density at radius 3 is 2.78 bits per heavy atom. The molecule has 2 aliphatic rings. The second-order valence-corrected chi connectivity index (χ2v) is 5.94. The number of nitrogens with zero attached hydrogens (tertiary/aromatic N) is 1. The van der Waals surface area contributed by atoms with Crippen LogP contribution in [0.15, 0.2) is 11.4 Å². The number of rotatable bonds is 2. The molecule has 3 rings (SSSR count). The van der Waals surface area contributed by atoms with Crippen LogP contribution in [-0.2, 0) is 4.79 Å². The molecule has 0 bridgehead atoms. The summed E-state index contributed by atoms with van der Waals surface area (Å²) in [5.41, 5.74) is 1.36. The number of thiophene rings is 1. The minimum absolute atomic E-state index is 0. The molecule has 0 spiro atoms. The molecule has 0 aromatic carbocycles. The molecule has 2 heterocycles. The van der Waals surface area contributed by atoms with Crippen molar-refractivity contribution < 1.29 is 4.79 Å². The molecule has 2 fully saturated rings. The smallest absolute Gasteiger partial charge is 0.226 e. The summed E-state index contributed by atoms with van der Waals surface area (Å²) >= 11 is 1.80. The lowest BCUT2D eigenvalue weighted by Gasteiger charge is -2.27. The quantitative estimate of drug-likeness (QED) is 0.902. The van der Waals surface area contributed by atoms with Crippen molar-refractivity contribution in [3.05, 3.63) is 21.9 Å². The predicted molar refractivity (Wildman–Crippen MR) is 76.6 cm³/mol. The lowest BCUT2D eigenvalue weighted by molar-refractivity contribution is -0.133. The van der Waals surface area contributed by atoms with Crippen molar-refractivity contribution in [2.75, 3.05) is 26.2 Å². The largest absolute Gasteiger partial charge is 0.340 e. The predicted octanol–water partition coefficient (Wildman–Crippen LogP) is 2.01. The van der Waals surface area contributed by atoms with Crippen molar-refractivity contribution >= 4 is 29.7 Å². The van der Waals surface area contributed by atoms with Crippen LogP contribution in [0, 0.1) is 12.8 Å². The Bertz CT molecular complexity index is 428. The number of carbonyl (C=O) groups excluding carboxylic acids is 1. The van der Waals surface area contributed by atoms with Crippen molar-refractivity contribution in [2.45, 2.75) is 19.3 Å². The van der Waals surface area contributed by atoms with Crippen molar-refractivity contribution in [1.82, 2.24) is 10.2 Å². The first-order chi connectivity index (χ1) is 8.27. The van der Waals surface area contributed by atoms with E-state index in [1.165, 1.54) is 10.4 Å². The van der Waals surface area contributed by atoms with E-state index in [1.54, 1.807) is 11.3 Å². The molecule has 2 unspecified atom stereocenters. The highest BCUT2D eigenvalue weighted by Crippen LogP contribution is 2.51. The zero-order valence-electron chi connectivity index (χ0n) is 10.5. The van der Waals surface area contributed by atoms with Gasteiger partial charge in [-0.1, -0.05) is 0 Å². The molecule has 3 nitrogen and oxygen atoms in total. The molecule has 2 atom stereocenters. The molecule has 18 heavy (non-hydrogen) atoms. The summed E-state index contributed by atoms with van der Waals surface area (Å²) < 4.78 is 0. The van der Waals surface area contributed by atoms with Gasteiger partial charge in [-0.25, -0.2) is 0 Å². The number of nitrogens with one attached hydrogen (secondary N) is 1. The lowest BCUT2D eigenvalue weighted by atomic mass is 10.2. The summed E-state index contributed by atoms with van der Waals surface area (Å²) in [4.78, 5) is 15.7. The van der Waals surface area contributed by atoms with Gasteiger partial charge in [0, 0.05) is 42.9 Å². The summed E-state index contributed by atoms with van der Waals surface area (Å²) in [6.07, 6.45) is 1.06. The highest BCUT2D eigenvalue weighted by molar-refractivity contribution is 7.10. The fourth-order valence-corrected chi connectivity index (χ4v) is 3.75. The molecular weight excluding hydrogens is 268 g/mol. The number of amides is 1. The highest BCUT2D eigenvalue weighted by Gasteiger charge is 2.46. The molecule has 1 saturated carbocycles. The van der Waals surface area contributed by atoms with E-state index in [0.29, 0.717) is 11.8 Å². The Labute approximate surface area is 118 Å². The molecule has 1 aromatic heterocycles. The van der Waals surface area contributed by atoms with Crippen LogP contribution in [-0.4, -0.2) is 37.0 Å². The Morgan fingerprint density at radius 1 is 1.44 bits per heavy atom. The molecule has 1 N–H and O–H groups in total. The number of halogens is 1. The average molecular weight is 287 g/mol. The van der Waals surface area contributed by atoms with Crippen LogP contribution in [0.4, 0.5) is 0 Å². The molecule has 1 aliphatic heterocycles. The van der Waals surface area contributed by atoms with Crippen molar-refractivity contribution in [3.8, 4) is 0 Å². The summed E-state index contributed by atoms with van der Waals surface area (Å²) in [5, 5.41) is 5.42. The molecule has 1 amide bonds. The Balaban J connectivity index is 0.00000120. The van der Waals surface area contributed by atoms with E-state index in [1.807, 2.05) is 4.90 Å². The zero-order valence-corrected chi connectivity index (χ0v) is 12.1. The summed E-state index contributed by atoms with van der Waals surface area (Å²) in [6, 6.07) is 2.16. The second-order valence-electron chi connectivity index (χ2n) is 4.99. The van der Waals surface area contributed by atoms with E-state index in [0.717, 1.165) is 32.6 Å². The highest BCUT2D eigenvalue weighted by atomic mass is 35.5. The van der Waals surface area contributed by atoms with Gasteiger partial charge >= 0.3 is 0 Å². The minimum atomic E-state index is 0. The maximum atomic E-state index is 12.3. The summed E-state index contributed by atoms with van der Waals surface area (Å²) in [5.74, 6) is 1.16. The molecular formula is C13H19ClN2OS. The number of piperazine rings is 1. The maximum Gasteiger partial charge on any atom is 0.226 e. The lowest BCUT2D eigenvalue weighted by Crippen LogP contribution is -2.47. The van der Waals surface area contributed by atoms with Crippen LogP contribution >= 0.6 is 23.7 Å². The number of carbonyl (C=O) groups is 1. The van der Waals surface area contributed by atoms with Crippen LogP contribution in [0.3, 0.4) is 0 Å². The summed E-state index contributed by atoms with van der Waals surface area (Å²) in [7, 11) is 0. The van der Waals surface area contributed by atoms with Crippen LogP contribution < -0.4 is 5.32 Å². The molecule has 1 saturated heterocycles. The topological polar surface area (TPSA) is 32.3 Å². The van der Waals surface area contributed by atoms with Gasteiger partial charge < -0.3 is 10.2 Å². The van der Waals surface area contributed by atoms with Gasteiger partial charge in [0.05, 0.1) is 0 Å². The molecule has 5 heteroatoms. The van der Waals surface area contributed by atoms with Crippen LogP contribution in [0.1, 0.15) is 22.8 Å². The SMILES string of the molecule is Cc1ccsc1C1CC1C(=O)N1CCNCC1.Cl. The Morgan fingerprint density at radius 2 is 2.17 bits per heavy atom. The van der Waals surface area contributed by atoms with E-state index in [9.17, 15) is 4.79 Å². The molecule has 100 valence electrons. The second kappa shape index (κ2) is 5.59. The van der Waals surface area contributed by atoms with E-state index in [4.69, 9.17) is 0 Å². The number of hydrogen-bond donors (Lipinski definition) is 1. The van der Waals surface area contributed by atoms with Gasteiger partial charge in [-0.05, 0) is 30.4 Å². The van der Waals surface area contributed by atoms with Gasteiger partial charge in [0.15, 0.2) is 0 Å². The van der Waals surface area contributed by atoms with E-state index in [-0.39, 0.29) is 18.3 Å². The van der Waals surface area contributed by atoms with Crippen LogP contribution in [0.5, 0.6) is 0 Å². The monoisotopic (exact) mass is 286 g/mol. The Hall–Kier alpha value is -0.580. The van der Waals surface area contributed by atoms with Gasteiger partial charge in [0.25, 0.3) is 0 Å². The first kappa shape index (κ1) is 13.8. The summed E-state index contributed by atoms with van der Waals surface area (Å²) in [6.45, 7) is 5.80. The van der Waals surface area contributed by atoms with E-state index in [2.05, 4.69) is 23.7 Å². The van der Waals surface area contributed by atoms with Gasteiger partial charge in [-0.15, -0.1) is 23.7 Å². The molecule has 1 aliphatic carbocycles. The van der Waals surface area contributed by atoms with Crippen molar-refractivity contribution in [1.29, 1.82) is 0 Å². The van der Waals surface area contributed by atoms with Crippen molar-refractivity contribution in [2.24, 2.45) is 5.92 Å². The molecule has 0 radical (unpaired) electrons. The zero-order chi connectivity index (χ0) is 11.8. The minimum Gasteiger partial charge on any atom is -0.340 e. The fraction of sp³-hybridized carbons (Fsp3) is 0.615. The fourth-order valence-electron chi connectivity index (χ4n) is 2.64. The third kappa shape index (κ3) is 2.56. The van der Waals surface area contributed by atoms with Gasteiger partial charge in [0.2, 0.25) is 5.91 Å². The number of hydrogen-bond acceptors (Lipinski definition) is 3. The maximum absolute atomic E-state index is 12.3. The van der Waals surface area contributed by atoms with E-state index < -0.39 is 0 Å².